The third kappa shape index (κ3) is 3.86. The summed E-state index contributed by atoms with van der Waals surface area (Å²) in [6.07, 6.45) is -4.76. The summed E-state index contributed by atoms with van der Waals surface area (Å²) < 4.78 is 38.5. The predicted molar refractivity (Wildman–Crippen MR) is 84.2 cm³/mol. The van der Waals surface area contributed by atoms with E-state index in [4.69, 9.17) is 34.8 Å². The van der Waals surface area contributed by atoms with Crippen LogP contribution in [0.15, 0.2) is 16.0 Å². The predicted octanol–water partition coefficient (Wildman–Crippen LogP) is 6.14. The van der Waals surface area contributed by atoms with Crippen LogP contribution in [0.2, 0.25) is 15.1 Å². The molecule has 0 atom stereocenters. The van der Waals surface area contributed by atoms with Gasteiger partial charge in [-0.2, -0.15) is 13.2 Å². The maximum absolute atomic E-state index is 12.8. The lowest BCUT2D eigenvalue weighted by molar-refractivity contribution is -0.141. The number of anilines is 1. The molecule has 22 heavy (non-hydrogen) atoms. The Labute approximate surface area is 149 Å². The van der Waals surface area contributed by atoms with Gasteiger partial charge >= 0.3 is 6.18 Å². The molecule has 0 unspecified atom stereocenters. The fourth-order valence-electron chi connectivity index (χ4n) is 1.47. The first-order chi connectivity index (χ1) is 10.1. The molecule has 0 aliphatic heterocycles. The number of thiazole rings is 1. The average Bonchev–Trinajstić information content (AvgIpc) is 2.75. The van der Waals surface area contributed by atoms with Gasteiger partial charge in [-0.25, -0.2) is 4.98 Å². The van der Waals surface area contributed by atoms with Crippen molar-refractivity contribution in [2.24, 2.45) is 0 Å². The van der Waals surface area contributed by atoms with E-state index >= 15 is 0 Å². The van der Waals surface area contributed by atoms with Crippen LogP contribution in [-0.4, -0.2) is 10.9 Å². The molecule has 1 aromatic heterocycles. The first kappa shape index (κ1) is 17.8. The smallest absolute Gasteiger partial charge is 0.319 e. The largest absolute Gasteiger partial charge is 0.435 e. The van der Waals surface area contributed by atoms with E-state index in [1.165, 1.54) is 12.1 Å². The van der Waals surface area contributed by atoms with E-state index in [0.29, 0.717) is 11.3 Å². The second-order valence-electron chi connectivity index (χ2n) is 3.84. The summed E-state index contributed by atoms with van der Waals surface area (Å²) in [6, 6.07) is 2.61. The van der Waals surface area contributed by atoms with Gasteiger partial charge in [-0.15, -0.1) is 11.3 Å². The van der Waals surface area contributed by atoms with Crippen LogP contribution in [0.5, 0.6) is 0 Å². The number of benzene rings is 1. The van der Waals surface area contributed by atoms with Gasteiger partial charge in [0.1, 0.15) is 4.88 Å². The summed E-state index contributed by atoms with van der Waals surface area (Å²) in [5.74, 6) is -1.03. The maximum Gasteiger partial charge on any atom is 0.435 e. The van der Waals surface area contributed by atoms with Crippen molar-refractivity contribution in [1.82, 2.24) is 4.98 Å². The van der Waals surface area contributed by atoms with Gasteiger partial charge in [0, 0.05) is 5.02 Å². The third-order valence-corrected chi connectivity index (χ3v) is 4.64. The molecule has 0 saturated heterocycles. The number of nitrogens with zero attached hydrogens (tertiary/aromatic N) is 1. The fraction of sp³-hybridized carbons (Fsp3) is 0.0909. The number of aromatic nitrogens is 1. The van der Waals surface area contributed by atoms with Crippen molar-refractivity contribution in [3.63, 3.8) is 0 Å². The van der Waals surface area contributed by atoms with Gasteiger partial charge in [0.25, 0.3) is 5.91 Å². The molecule has 0 bridgehead atoms. The van der Waals surface area contributed by atoms with Crippen molar-refractivity contribution >= 4 is 73.7 Å². The Bertz CT molecular complexity index is 728. The first-order valence-electron chi connectivity index (χ1n) is 5.29. The van der Waals surface area contributed by atoms with Crippen LogP contribution in [0.3, 0.4) is 0 Å². The van der Waals surface area contributed by atoms with Crippen molar-refractivity contribution in [3.05, 3.63) is 41.7 Å². The highest BCUT2D eigenvalue weighted by Gasteiger charge is 2.39. The lowest BCUT2D eigenvalue weighted by Gasteiger charge is -2.10. The number of hydrogen-bond acceptors (Lipinski definition) is 3. The van der Waals surface area contributed by atoms with Gasteiger partial charge in [0.15, 0.2) is 9.61 Å². The Morgan fingerprint density at radius 2 is 1.77 bits per heavy atom. The van der Waals surface area contributed by atoms with Crippen LogP contribution in [0.4, 0.5) is 18.9 Å². The summed E-state index contributed by atoms with van der Waals surface area (Å²) in [4.78, 5) is 14.7. The minimum absolute atomic E-state index is 0.00277. The van der Waals surface area contributed by atoms with Crippen LogP contribution in [-0.2, 0) is 6.18 Å². The van der Waals surface area contributed by atoms with E-state index in [2.05, 4.69) is 26.2 Å². The van der Waals surface area contributed by atoms with E-state index in [1.807, 2.05) is 0 Å². The van der Waals surface area contributed by atoms with Gasteiger partial charge in [-0.05, 0) is 28.1 Å². The quantitative estimate of drug-likeness (QED) is 0.593. The highest BCUT2D eigenvalue weighted by molar-refractivity contribution is 9.11. The second kappa shape index (κ2) is 6.52. The highest BCUT2D eigenvalue weighted by atomic mass is 79.9. The van der Waals surface area contributed by atoms with Crippen molar-refractivity contribution in [2.45, 2.75) is 6.18 Å². The topological polar surface area (TPSA) is 42.0 Å². The number of carbonyl (C=O) groups excluding carboxylic acids is 1. The van der Waals surface area contributed by atoms with Crippen LogP contribution < -0.4 is 5.32 Å². The summed E-state index contributed by atoms with van der Waals surface area (Å²) in [5.41, 5.74) is -1.32. The standard InChI is InChI=1S/C11H3BrCl3F3N2OS/c12-10-20-8(11(16,17)18)7(22-10)9(21)19-6-4(14)1-3(13)2-5(6)15/h1-2H,(H,19,21). The molecule has 3 nitrogen and oxygen atoms in total. The summed E-state index contributed by atoms with van der Waals surface area (Å²) in [6.45, 7) is 0. The minimum Gasteiger partial charge on any atom is -0.319 e. The van der Waals surface area contributed by atoms with E-state index in [0.717, 1.165) is 0 Å². The molecular weight excluding hydrogens is 451 g/mol. The monoisotopic (exact) mass is 452 g/mol. The maximum atomic E-state index is 12.8. The minimum atomic E-state index is -4.76. The number of halogens is 7. The Balaban J connectivity index is 2.39. The molecule has 1 amide bonds. The second-order valence-corrected chi connectivity index (χ2v) is 7.37. The van der Waals surface area contributed by atoms with Crippen molar-refractivity contribution in [2.75, 3.05) is 5.32 Å². The lowest BCUT2D eigenvalue weighted by atomic mass is 10.3. The number of amides is 1. The summed E-state index contributed by atoms with van der Waals surface area (Å²) in [5, 5.41) is 2.47. The molecule has 0 saturated carbocycles. The molecule has 0 radical (unpaired) electrons. The van der Waals surface area contributed by atoms with Gasteiger partial charge in [-0.1, -0.05) is 34.8 Å². The van der Waals surface area contributed by atoms with Crippen LogP contribution in [0.25, 0.3) is 0 Å². The molecule has 0 aliphatic rings. The zero-order valence-electron chi connectivity index (χ0n) is 10.1. The van der Waals surface area contributed by atoms with Crippen molar-refractivity contribution in [1.29, 1.82) is 0 Å². The zero-order valence-corrected chi connectivity index (χ0v) is 14.7. The van der Waals surface area contributed by atoms with Gasteiger partial charge in [-0.3, -0.25) is 4.79 Å². The third-order valence-electron chi connectivity index (χ3n) is 2.32. The van der Waals surface area contributed by atoms with E-state index < -0.39 is 22.7 Å². The van der Waals surface area contributed by atoms with Crippen molar-refractivity contribution < 1.29 is 18.0 Å². The summed E-state index contributed by atoms with van der Waals surface area (Å²) >= 11 is 20.8. The molecule has 0 spiro atoms. The molecule has 118 valence electrons. The lowest BCUT2D eigenvalue weighted by Crippen LogP contribution is -2.17. The Kier molecular flexibility index (Phi) is 5.28. The van der Waals surface area contributed by atoms with Gasteiger partial charge < -0.3 is 5.32 Å². The van der Waals surface area contributed by atoms with E-state index in [-0.39, 0.29) is 24.7 Å². The number of rotatable bonds is 2. The fourth-order valence-corrected chi connectivity index (χ4v) is 3.75. The number of alkyl halides is 3. The Morgan fingerprint density at radius 1 is 1.23 bits per heavy atom. The SMILES string of the molecule is O=C(Nc1c(Cl)cc(Cl)cc1Cl)c1sc(Br)nc1C(F)(F)F. The van der Waals surface area contributed by atoms with Gasteiger partial charge in [0.05, 0.1) is 15.7 Å². The Morgan fingerprint density at radius 3 is 2.27 bits per heavy atom. The highest BCUT2D eigenvalue weighted by Crippen LogP contribution is 2.38. The first-order valence-corrected chi connectivity index (χ1v) is 8.03. The van der Waals surface area contributed by atoms with Crippen LogP contribution in [0, 0.1) is 0 Å². The molecule has 2 rings (SSSR count). The molecule has 1 N–H and O–H groups in total. The molecule has 1 aromatic carbocycles. The van der Waals surface area contributed by atoms with Crippen molar-refractivity contribution in [3.8, 4) is 0 Å². The molecule has 2 aromatic rings. The molecular formula is C11H3BrCl3F3N2OS. The zero-order chi connectivity index (χ0) is 16.7. The number of nitrogens with one attached hydrogen (secondary N) is 1. The van der Waals surface area contributed by atoms with Crippen LogP contribution >= 0.6 is 62.1 Å². The van der Waals surface area contributed by atoms with E-state index in [1.54, 1.807) is 0 Å². The Hall–Kier alpha value is -0.540. The van der Waals surface area contributed by atoms with E-state index in [9.17, 15) is 18.0 Å². The average molecular weight is 454 g/mol. The normalized spacial score (nSPS) is 11.6. The molecule has 11 heteroatoms. The summed E-state index contributed by atoms with van der Waals surface area (Å²) in [7, 11) is 0. The van der Waals surface area contributed by atoms with Gasteiger partial charge in [0.2, 0.25) is 0 Å². The molecule has 1 heterocycles. The number of carbonyl (C=O) groups is 1. The number of hydrogen-bond donors (Lipinski definition) is 1. The molecule has 0 aliphatic carbocycles. The molecule has 0 fully saturated rings. The van der Waals surface area contributed by atoms with Crippen LogP contribution in [0.1, 0.15) is 15.4 Å².